The molecule has 4 rings (SSSR count). The summed E-state index contributed by atoms with van der Waals surface area (Å²) in [5, 5.41) is 28.6. The van der Waals surface area contributed by atoms with Crippen LogP contribution in [0.15, 0.2) is 36.4 Å². The molecule has 126 valence electrons. The number of pyridine rings is 1. The Labute approximate surface area is 141 Å². The van der Waals surface area contributed by atoms with Gasteiger partial charge in [0.05, 0.1) is 12.3 Å². The molecule has 0 spiro atoms. The van der Waals surface area contributed by atoms with Crippen molar-refractivity contribution >= 4 is 17.0 Å². The lowest BCUT2D eigenvalue weighted by molar-refractivity contribution is 0.265. The minimum Gasteiger partial charge on any atom is -0.485 e. The molecular weight excluding hydrogens is 324 g/mol. The Morgan fingerprint density at radius 1 is 1.12 bits per heavy atom. The van der Waals surface area contributed by atoms with Crippen molar-refractivity contribution in [1.82, 2.24) is 35.4 Å². The molecule has 0 bridgehead atoms. The van der Waals surface area contributed by atoms with Gasteiger partial charge < -0.3 is 15.6 Å². The van der Waals surface area contributed by atoms with Crippen molar-refractivity contribution in [3.8, 4) is 11.4 Å². The number of aliphatic hydroxyl groups excluding tert-OH is 1. The van der Waals surface area contributed by atoms with E-state index in [4.69, 9.17) is 10.5 Å². The van der Waals surface area contributed by atoms with Gasteiger partial charge in [0.25, 0.3) is 0 Å². The lowest BCUT2D eigenvalue weighted by Crippen LogP contribution is -2.02. The number of fused-ring (bicyclic) bond motifs is 1. The van der Waals surface area contributed by atoms with Gasteiger partial charge in [-0.3, -0.25) is 0 Å². The van der Waals surface area contributed by atoms with E-state index in [1.807, 2.05) is 30.3 Å². The topological polar surface area (TPSA) is 141 Å². The number of aromatic nitrogens is 7. The van der Waals surface area contributed by atoms with Crippen molar-refractivity contribution in [3.05, 3.63) is 47.8 Å². The molecule has 0 aliphatic carbocycles. The number of para-hydroxylation sites is 1. The highest BCUT2D eigenvalue weighted by molar-refractivity contribution is 5.78. The van der Waals surface area contributed by atoms with Crippen LogP contribution in [0.1, 0.15) is 11.4 Å². The third-order valence-electron chi connectivity index (χ3n) is 3.54. The van der Waals surface area contributed by atoms with Gasteiger partial charge in [0.15, 0.2) is 11.3 Å². The average Bonchev–Trinajstić information content (AvgIpc) is 3.26. The molecule has 0 unspecified atom stereocenters. The Morgan fingerprint density at radius 3 is 2.72 bits per heavy atom. The van der Waals surface area contributed by atoms with Crippen LogP contribution in [0.3, 0.4) is 0 Å². The normalized spacial score (nSPS) is 11.1. The number of H-pyrrole nitrogens is 1. The van der Waals surface area contributed by atoms with Gasteiger partial charge in [-0.2, -0.15) is 20.2 Å². The number of hydrogen-bond acceptors (Lipinski definition) is 8. The van der Waals surface area contributed by atoms with Crippen molar-refractivity contribution in [2.24, 2.45) is 0 Å². The Kier molecular flexibility index (Phi) is 3.71. The smallest absolute Gasteiger partial charge is 0.207 e. The van der Waals surface area contributed by atoms with Crippen LogP contribution < -0.4 is 10.5 Å². The first-order chi connectivity index (χ1) is 12.2. The number of aliphatic hydroxyl groups is 1. The molecular formula is C15H14N8O2. The van der Waals surface area contributed by atoms with Gasteiger partial charge in [-0.05, 0) is 12.1 Å². The second kappa shape index (κ2) is 6.17. The predicted molar refractivity (Wildman–Crippen MR) is 87.7 cm³/mol. The first-order valence-corrected chi connectivity index (χ1v) is 7.46. The van der Waals surface area contributed by atoms with E-state index < -0.39 is 0 Å². The number of anilines is 1. The summed E-state index contributed by atoms with van der Waals surface area (Å²) in [5.41, 5.74) is 8.31. The number of aromatic amines is 1. The van der Waals surface area contributed by atoms with Gasteiger partial charge in [0.2, 0.25) is 5.65 Å². The first-order valence-electron chi connectivity index (χ1n) is 7.46. The molecule has 0 amide bonds. The van der Waals surface area contributed by atoms with E-state index in [1.165, 1.54) is 4.80 Å². The van der Waals surface area contributed by atoms with Crippen molar-refractivity contribution in [1.29, 1.82) is 0 Å². The number of nitrogens with two attached hydrogens (primary N) is 1. The van der Waals surface area contributed by atoms with Crippen molar-refractivity contribution in [3.63, 3.8) is 0 Å². The molecule has 10 nitrogen and oxygen atoms in total. The fourth-order valence-corrected chi connectivity index (χ4v) is 2.36. The molecule has 4 aromatic rings. The number of nitrogens with zero attached hydrogens (tertiary/aromatic N) is 6. The summed E-state index contributed by atoms with van der Waals surface area (Å²) in [4.78, 5) is 5.50. The molecule has 0 radical (unpaired) electrons. The molecule has 0 aliphatic rings. The molecule has 25 heavy (non-hydrogen) atoms. The highest BCUT2D eigenvalue weighted by Crippen LogP contribution is 2.24. The summed E-state index contributed by atoms with van der Waals surface area (Å²) in [6, 6.07) is 11.0. The molecule has 3 aromatic heterocycles. The van der Waals surface area contributed by atoms with E-state index in [-0.39, 0.29) is 19.0 Å². The van der Waals surface area contributed by atoms with Crippen LogP contribution in [0.4, 0.5) is 5.82 Å². The minimum absolute atomic E-state index is 0.0914. The van der Waals surface area contributed by atoms with E-state index in [1.54, 1.807) is 6.07 Å². The third-order valence-corrected chi connectivity index (χ3v) is 3.54. The van der Waals surface area contributed by atoms with Crippen LogP contribution in [0, 0.1) is 0 Å². The quantitative estimate of drug-likeness (QED) is 0.480. The summed E-state index contributed by atoms with van der Waals surface area (Å²) in [5.74, 6) is 0.695. The Hall–Kier alpha value is -3.53. The zero-order valence-electron chi connectivity index (χ0n) is 13.0. The largest absolute Gasteiger partial charge is 0.485 e. The van der Waals surface area contributed by atoms with Crippen LogP contribution >= 0.6 is 0 Å². The lowest BCUT2D eigenvalue weighted by Gasteiger charge is -2.05. The summed E-state index contributed by atoms with van der Waals surface area (Å²) in [6.45, 7) is -0.155. The number of benzene rings is 1. The van der Waals surface area contributed by atoms with Crippen molar-refractivity contribution < 1.29 is 9.84 Å². The molecule has 10 heteroatoms. The van der Waals surface area contributed by atoms with Gasteiger partial charge in [0.1, 0.15) is 23.8 Å². The maximum atomic E-state index is 9.53. The molecule has 0 saturated carbocycles. The maximum Gasteiger partial charge on any atom is 0.207 e. The predicted octanol–water partition coefficient (Wildman–Crippen LogP) is 0.587. The van der Waals surface area contributed by atoms with E-state index >= 15 is 0 Å². The standard InChI is InChI=1S/C15H14N8O2/c16-13-6-12(14-15(17-13)19-22-18-14)25-8-11-10(7-24)20-23(21-11)9-4-2-1-3-5-9/h1-6,24H,7-8H2,(H3,16,17,18,19,22). The fraction of sp³-hybridized carbons (Fsp3) is 0.133. The van der Waals surface area contributed by atoms with Crippen molar-refractivity contribution in [2.45, 2.75) is 13.2 Å². The van der Waals surface area contributed by atoms with Crippen LogP contribution in [0.25, 0.3) is 16.9 Å². The second-order valence-electron chi connectivity index (χ2n) is 5.21. The number of nitrogen functional groups attached to an aromatic ring is 1. The lowest BCUT2D eigenvalue weighted by atomic mass is 10.3. The first kappa shape index (κ1) is 15.0. The second-order valence-corrected chi connectivity index (χ2v) is 5.21. The van der Waals surface area contributed by atoms with Crippen LogP contribution in [-0.2, 0) is 13.2 Å². The summed E-state index contributed by atoms with van der Waals surface area (Å²) in [7, 11) is 0. The highest BCUT2D eigenvalue weighted by Gasteiger charge is 2.15. The van der Waals surface area contributed by atoms with Crippen LogP contribution in [0.2, 0.25) is 0 Å². The van der Waals surface area contributed by atoms with Crippen LogP contribution in [-0.4, -0.2) is 40.5 Å². The summed E-state index contributed by atoms with van der Waals surface area (Å²) in [6.07, 6.45) is 0. The molecule has 0 fully saturated rings. The molecule has 0 atom stereocenters. The van der Waals surface area contributed by atoms with E-state index in [0.29, 0.717) is 28.3 Å². The van der Waals surface area contributed by atoms with Gasteiger partial charge in [-0.25, -0.2) is 4.98 Å². The Morgan fingerprint density at radius 2 is 1.92 bits per heavy atom. The van der Waals surface area contributed by atoms with Crippen molar-refractivity contribution in [2.75, 3.05) is 5.73 Å². The highest BCUT2D eigenvalue weighted by atomic mass is 16.5. The summed E-state index contributed by atoms with van der Waals surface area (Å²) >= 11 is 0. The molecule has 0 saturated heterocycles. The summed E-state index contributed by atoms with van der Waals surface area (Å²) < 4.78 is 5.77. The fourth-order valence-electron chi connectivity index (χ4n) is 2.36. The average molecular weight is 338 g/mol. The van der Waals surface area contributed by atoms with E-state index in [9.17, 15) is 5.11 Å². The zero-order chi connectivity index (χ0) is 17.2. The number of ether oxygens (including phenoxy) is 1. The Bertz CT molecular complexity index is 1010. The SMILES string of the molecule is Nc1cc(OCc2nn(-c3ccccc3)nc2CO)c2n[nH]nc2n1. The van der Waals surface area contributed by atoms with Gasteiger partial charge in [-0.1, -0.05) is 18.2 Å². The number of rotatable bonds is 5. The zero-order valence-corrected chi connectivity index (χ0v) is 13.0. The Balaban J connectivity index is 1.62. The third kappa shape index (κ3) is 2.85. The van der Waals surface area contributed by atoms with Gasteiger partial charge >= 0.3 is 0 Å². The van der Waals surface area contributed by atoms with Gasteiger partial charge in [-0.15, -0.1) is 10.2 Å². The molecule has 1 aromatic carbocycles. The van der Waals surface area contributed by atoms with E-state index in [0.717, 1.165) is 5.69 Å². The number of hydrogen-bond donors (Lipinski definition) is 3. The maximum absolute atomic E-state index is 9.53. The minimum atomic E-state index is -0.247. The number of nitrogens with one attached hydrogen (secondary N) is 1. The monoisotopic (exact) mass is 338 g/mol. The molecule has 0 aliphatic heterocycles. The molecule has 4 N–H and O–H groups in total. The van der Waals surface area contributed by atoms with Gasteiger partial charge in [0, 0.05) is 6.07 Å². The van der Waals surface area contributed by atoms with Crippen LogP contribution in [0.5, 0.6) is 5.75 Å². The van der Waals surface area contributed by atoms with E-state index in [2.05, 4.69) is 30.6 Å². The molecule has 3 heterocycles.